The van der Waals surface area contributed by atoms with E-state index in [-0.39, 0.29) is 11.9 Å². The quantitative estimate of drug-likeness (QED) is 0.746. The normalized spacial score (nSPS) is 20.0. The summed E-state index contributed by atoms with van der Waals surface area (Å²) in [6.07, 6.45) is 2.74. The number of piperidine rings is 1. The van der Waals surface area contributed by atoms with Gasteiger partial charge in [0.25, 0.3) is 0 Å². The van der Waals surface area contributed by atoms with Crippen LogP contribution in [0.5, 0.6) is 5.75 Å². The number of nitrogens with zero attached hydrogens (tertiary/aromatic N) is 1. The van der Waals surface area contributed by atoms with Crippen LogP contribution in [0.1, 0.15) is 26.2 Å². The molecule has 0 bridgehead atoms. The predicted molar refractivity (Wildman–Crippen MR) is 90.8 cm³/mol. The Morgan fingerprint density at radius 1 is 1.43 bits per heavy atom. The lowest BCUT2D eigenvalue weighted by Gasteiger charge is -2.36. The van der Waals surface area contributed by atoms with E-state index in [4.69, 9.17) is 16.3 Å². The van der Waals surface area contributed by atoms with E-state index in [0.29, 0.717) is 24.7 Å². The van der Waals surface area contributed by atoms with E-state index in [1.807, 2.05) is 0 Å². The van der Waals surface area contributed by atoms with Gasteiger partial charge in [0.15, 0.2) is 0 Å². The van der Waals surface area contributed by atoms with Crippen molar-refractivity contribution in [2.75, 3.05) is 26.2 Å². The first-order chi connectivity index (χ1) is 11.1. The Morgan fingerprint density at radius 3 is 2.87 bits per heavy atom. The number of hydrogen-bond acceptors (Lipinski definition) is 4. The van der Waals surface area contributed by atoms with E-state index in [9.17, 15) is 9.90 Å². The number of hydrogen-bond donors (Lipinski definition) is 2. The smallest absolute Gasteiger partial charge is 0.234 e. The predicted octanol–water partition coefficient (Wildman–Crippen LogP) is 2.07. The molecule has 1 saturated heterocycles. The Morgan fingerprint density at radius 2 is 2.17 bits per heavy atom. The Hall–Kier alpha value is -1.30. The maximum absolute atomic E-state index is 12.0. The number of carbonyl (C=O) groups is 1. The third-order valence-electron chi connectivity index (χ3n) is 4.07. The summed E-state index contributed by atoms with van der Waals surface area (Å²) in [7, 11) is 0. The summed E-state index contributed by atoms with van der Waals surface area (Å²) in [4.78, 5) is 14.1. The second kappa shape index (κ2) is 9.11. The lowest BCUT2D eigenvalue weighted by atomic mass is 9.98. The molecule has 1 aliphatic heterocycles. The van der Waals surface area contributed by atoms with Crippen LogP contribution in [0.3, 0.4) is 0 Å². The molecular weight excluding hydrogens is 316 g/mol. The molecule has 0 aliphatic carbocycles. The number of likely N-dealkylation sites (tertiary alicyclic amines) is 1. The zero-order chi connectivity index (χ0) is 16.7. The summed E-state index contributed by atoms with van der Waals surface area (Å²) >= 11 is 5.81. The van der Waals surface area contributed by atoms with E-state index in [0.717, 1.165) is 31.6 Å². The molecule has 2 unspecified atom stereocenters. The zero-order valence-corrected chi connectivity index (χ0v) is 14.3. The van der Waals surface area contributed by atoms with E-state index < -0.39 is 6.10 Å². The van der Waals surface area contributed by atoms with Crippen molar-refractivity contribution in [1.82, 2.24) is 10.2 Å². The van der Waals surface area contributed by atoms with Crippen LogP contribution in [0, 0.1) is 0 Å². The number of rotatable bonds is 7. The second-order valence-corrected chi connectivity index (χ2v) is 6.36. The zero-order valence-electron chi connectivity index (χ0n) is 13.5. The monoisotopic (exact) mass is 340 g/mol. The van der Waals surface area contributed by atoms with Crippen molar-refractivity contribution in [3.05, 3.63) is 29.3 Å². The number of carbonyl (C=O) groups excluding carboxylic acids is 1. The molecule has 1 aliphatic rings. The highest BCUT2D eigenvalue weighted by atomic mass is 35.5. The summed E-state index contributed by atoms with van der Waals surface area (Å²) in [6.45, 7) is 3.85. The highest BCUT2D eigenvalue weighted by Gasteiger charge is 2.27. The van der Waals surface area contributed by atoms with Crippen LogP contribution < -0.4 is 10.1 Å². The molecule has 2 atom stereocenters. The topological polar surface area (TPSA) is 61.8 Å². The number of amides is 1. The molecule has 0 aromatic heterocycles. The van der Waals surface area contributed by atoms with E-state index >= 15 is 0 Å². The molecule has 128 valence electrons. The lowest BCUT2D eigenvalue weighted by Crippen LogP contribution is -2.50. The van der Waals surface area contributed by atoms with Crippen LogP contribution in [0.2, 0.25) is 5.02 Å². The number of aliphatic hydroxyl groups excluding tert-OH is 1. The van der Waals surface area contributed by atoms with Crippen molar-refractivity contribution in [1.29, 1.82) is 0 Å². The molecule has 1 amide bonds. The highest BCUT2D eigenvalue weighted by Crippen LogP contribution is 2.19. The first kappa shape index (κ1) is 18.0. The molecule has 5 nitrogen and oxygen atoms in total. The minimum Gasteiger partial charge on any atom is -0.492 e. The molecule has 0 spiro atoms. The van der Waals surface area contributed by atoms with E-state index in [1.54, 1.807) is 31.2 Å². The summed E-state index contributed by atoms with van der Waals surface area (Å²) < 4.78 is 5.53. The number of benzene rings is 1. The highest BCUT2D eigenvalue weighted by molar-refractivity contribution is 6.30. The van der Waals surface area contributed by atoms with Crippen LogP contribution in [0.25, 0.3) is 0 Å². The third kappa shape index (κ3) is 6.01. The van der Waals surface area contributed by atoms with Crippen molar-refractivity contribution in [2.45, 2.75) is 38.3 Å². The fourth-order valence-electron chi connectivity index (χ4n) is 2.89. The fraction of sp³-hybridized carbons (Fsp3) is 0.588. The van der Waals surface area contributed by atoms with Gasteiger partial charge in [-0.1, -0.05) is 18.0 Å². The minimum absolute atomic E-state index is 0.0303. The van der Waals surface area contributed by atoms with Gasteiger partial charge in [-0.3, -0.25) is 9.69 Å². The van der Waals surface area contributed by atoms with E-state index in [2.05, 4.69) is 10.2 Å². The lowest BCUT2D eigenvalue weighted by molar-refractivity contribution is -0.124. The Labute approximate surface area is 142 Å². The third-order valence-corrected chi connectivity index (χ3v) is 4.33. The van der Waals surface area contributed by atoms with Gasteiger partial charge in [0.2, 0.25) is 5.91 Å². The first-order valence-electron chi connectivity index (χ1n) is 8.13. The van der Waals surface area contributed by atoms with Gasteiger partial charge in [-0.05, 0) is 50.6 Å². The van der Waals surface area contributed by atoms with Crippen molar-refractivity contribution in [3.63, 3.8) is 0 Å². The largest absolute Gasteiger partial charge is 0.492 e. The van der Waals surface area contributed by atoms with Crippen LogP contribution in [-0.4, -0.2) is 54.3 Å². The fourth-order valence-corrected chi connectivity index (χ4v) is 3.02. The Balaban J connectivity index is 1.67. The Bertz CT molecular complexity index is 493. The SMILES string of the molecule is CC(O)C1CCCCN1CC(=O)NCCOc1ccc(Cl)cc1. The molecule has 2 rings (SSSR count). The molecule has 2 N–H and O–H groups in total. The molecule has 23 heavy (non-hydrogen) atoms. The second-order valence-electron chi connectivity index (χ2n) is 5.93. The molecule has 1 heterocycles. The van der Waals surface area contributed by atoms with Crippen molar-refractivity contribution >= 4 is 17.5 Å². The van der Waals surface area contributed by atoms with Crippen LogP contribution in [0.15, 0.2) is 24.3 Å². The van der Waals surface area contributed by atoms with Crippen molar-refractivity contribution in [3.8, 4) is 5.75 Å². The summed E-state index contributed by atoms with van der Waals surface area (Å²) in [5.41, 5.74) is 0. The van der Waals surface area contributed by atoms with Gasteiger partial charge >= 0.3 is 0 Å². The maximum Gasteiger partial charge on any atom is 0.234 e. The molecule has 1 aromatic rings. The number of halogens is 1. The average Bonchev–Trinajstić information content (AvgIpc) is 2.53. The van der Waals surface area contributed by atoms with Crippen molar-refractivity contribution in [2.24, 2.45) is 0 Å². The standard InChI is InChI=1S/C17H25ClN2O3/c1-13(21)16-4-2-3-10-20(16)12-17(22)19-9-11-23-15-7-5-14(18)6-8-15/h5-8,13,16,21H,2-4,9-12H2,1H3,(H,19,22). The van der Waals surface area contributed by atoms with Crippen LogP contribution >= 0.6 is 11.6 Å². The van der Waals surface area contributed by atoms with Gasteiger partial charge < -0.3 is 15.2 Å². The molecule has 1 aromatic carbocycles. The van der Waals surface area contributed by atoms with Gasteiger partial charge in [0, 0.05) is 11.1 Å². The van der Waals surface area contributed by atoms with E-state index in [1.165, 1.54) is 0 Å². The first-order valence-corrected chi connectivity index (χ1v) is 8.51. The van der Waals surface area contributed by atoms with Gasteiger partial charge in [-0.2, -0.15) is 0 Å². The molecular formula is C17H25ClN2O3. The molecule has 0 saturated carbocycles. The summed E-state index contributed by atoms with van der Waals surface area (Å²) in [6, 6.07) is 7.21. The molecule has 0 radical (unpaired) electrons. The Kier molecular flexibility index (Phi) is 7.15. The summed E-state index contributed by atoms with van der Waals surface area (Å²) in [5.74, 6) is 0.700. The number of nitrogens with one attached hydrogen (secondary N) is 1. The number of aliphatic hydroxyl groups is 1. The summed E-state index contributed by atoms with van der Waals surface area (Å²) in [5, 5.41) is 13.3. The van der Waals surface area contributed by atoms with Crippen LogP contribution in [0.4, 0.5) is 0 Å². The van der Waals surface area contributed by atoms with Crippen molar-refractivity contribution < 1.29 is 14.6 Å². The minimum atomic E-state index is -0.406. The van der Waals surface area contributed by atoms with Crippen LogP contribution in [-0.2, 0) is 4.79 Å². The van der Waals surface area contributed by atoms with Gasteiger partial charge in [-0.25, -0.2) is 0 Å². The molecule has 1 fully saturated rings. The van der Waals surface area contributed by atoms with Gasteiger partial charge in [0.05, 0.1) is 19.2 Å². The maximum atomic E-state index is 12.0. The number of ether oxygens (including phenoxy) is 1. The molecule has 6 heteroatoms. The average molecular weight is 341 g/mol. The van der Waals surface area contributed by atoms with Gasteiger partial charge in [0.1, 0.15) is 12.4 Å². The van der Waals surface area contributed by atoms with Gasteiger partial charge in [-0.15, -0.1) is 0 Å².